The average Bonchev–Trinajstić information content (AvgIpc) is 3.20. The third-order valence-corrected chi connectivity index (χ3v) is 4.75. The van der Waals surface area contributed by atoms with E-state index >= 15 is 0 Å². The van der Waals surface area contributed by atoms with Crippen molar-refractivity contribution < 1.29 is 18.0 Å². The van der Waals surface area contributed by atoms with Crippen LogP contribution >= 0.6 is 11.3 Å². The second-order valence-electron chi connectivity index (χ2n) is 5.66. The van der Waals surface area contributed by atoms with E-state index in [1.807, 2.05) is 30.3 Å². The molecule has 0 spiro atoms. The van der Waals surface area contributed by atoms with Gasteiger partial charge in [0.1, 0.15) is 0 Å². The predicted octanol–water partition coefficient (Wildman–Crippen LogP) is 5.46. The summed E-state index contributed by atoms with van der Waals surface area (Å²) in [7, 11) is 0. The largest absolute Gasteiger partial charge is 0.435 e. The summed E-state index contributed by atoms with van der Waals surface area (Å²) in [5, 5.41) is 3.53. The number of fused-ring (bicyclic) bond motifs is 2. The van der Waals surface area contributed by atoms with Crippen LogP contribution in [0.3, 0.4) is 0 Å². The summed E-state index contributed by atoms with van der Waals surface area (Å²) in [6.07, 6.45) is -0.757. The molecule has 0 aliphatic carbocycles. The van der Waals surface area contributed by atoms with E-state index in [-0.39, 0.29) is 16.4 Å². The van der Waals surface area contributed by atoms with Crippen LogP contribution in [0.1, 0.15) is 21.7 Å². The lowest BCUT2D eigenvalue weighted by Gasteiger charge is -2.04. The minimum Gasteiger partial charge on any atom is -0.290 e. The highest BCUT2D eigenvalue weighted by molar-refractivity contribution is 7.15. The van der Waals surface area contributed by atoms with E-state index < -0.39 is 11.9 Å². The lowest BCUT2D eigenvalue weighted by atomic mass is 10.0. The van der Waals surface area contributed by atoms with Gasteiger partial charge in [-0.1, -0.05) is 36.4 Å². The lowest BCUT2D eigenvalue weighted by molar-refractivity contribution is -0.140. The van der Waals surface area contributed by atoms with Gasteiger partial charge in [-0.3, -0.25) is 9.20 Å². The number of rotatable bonds is 3. The number of hydrogen-bond donors (Lipinski definition) is 0. The van der Waals surface area contributed by atoms with Crippen LogP contribution in [0, 0.1) is 0 Å². The summed E-state index contributed by atoms with van der Waals surface area (Å²) in [6, 6.07) is 12.8. The van der Waals surface area contributed by atoms with Crippen LogP contribution in [0.2, 0.25) is 0 Å². The number of hydrogen-bond acceptors (Lipinski definition) is 3. The van der Waals surface area contributed by atoms with Gasteiger partial charge in [-0.15, -0.1) is 11.3 Å². The molecule has 0 unspecified atom stereocenters. The molecular weight excluding hydrogens is 361 g/mol. The van der Waals surface area contributed by atoms with Gasteiger partial charge in [-0.05, 0) is 29.0 Å². The van der Waals surface area contributed by atoms with Crippen molar-refractivity contribution >= 4 is 38.9 Å². The molecule has 0 saturated carbocycles. The van der Waals surface area contributed by atoms with Crippen molar-refractivity contribution in [1.29, 1.82) is 0 Å². The molecule has 0 atom stereocenters. The van der Waals surface area contributed by atoms with Crippen molar-refractivity contribution in [3.63, 3.8) is 0 Å². The van der Waals surface area contributed by atoms with Crippen molar-refractivity contribution in [3.05, 3.63) is 77.1 Å². The zero-order valence-corrected chi connectivity index (χ0v) is 14.0. The Kier molecular flexibility index (Phi) is 3.88. The summed E-state index contributed by atoms with van der Waals surface area (Å²) in [5.74, 6) is -0.367. The summed E-state index contributed by atoms with van der Waals surface area (Å²) in [6.45, 7) is 0. The van der Waals surface area contributed by atoms with Crippen molar-refractivity contribution in [2.24, 2.45) is 0 Å². The lowest BCUT2D eigenvalue weighted by Crippen LogP contribution is -2.08. The molecule has 7 heteroatoms. The molecule has 0 radical (unpaired) electrons. The van der Waals surface area contributed by atoms with Gasteiger partial charge in [-0.2, -0.15) is 13.2 Å². The zero-order chi connectivity index (χ0) is 18.3. The van der Waals surface area contributed by atoms with Gasteiger partial charge in [-0.25, -0.2) is 4.98 Å². The fourth-order valence-corrected chi connectivity index (χ4v) is 3.49. The number of benzene rings is 2. The van der Waals surface area contributed by atoms with E-state index in [2.05, 4.69) is 4.98 Å². The average molecular weight is 372 g/mol. The van der Waals surface area contributed by atoms with Gasteiger partial charge in [0.15, 0.2) is 16.4 Å². The molecule has 0 saturated heterocycles. The molecule has 2 aromatic heterocycles. The van der Waals surface area contributed by atoms with Gasteiger partial charge in [0.05, 0.1) is 5.69 Å². The number of aromatic nitrogens is 2. The Morgan fingerprint density at radius 1 is 1.12 bits per heavy atom. The number of carbonyl (C=O) groups excluding carboxylic acids is 1. The van der Waals surface area contributed by atoms with Crippen molar-refractivity contribution in [3.8, 4) is 0 Å². The Bertz CT molecular complexity index is 1150. The molecule has 2 heterocycles. The van der Waals surface area contributed by atoms with E-state index in [4.69, 9.17) is 0 Å². The molecule has 4 aromatic rings. The first-order valence-corrected chi connectivity index (χ1v) is 8.55. The molecule has 0 aliphatic heterocycles. The van der Waals surface area contributed by atoms with Gasteiger partial charge in [0.2, 0.25) is 0 Å². The zero-order valence-electron chi connectivity index (χ0n) is 13.2. The normalized spacial score (nSPS) is 12.4. The molecule has 26 heavy (non-hydrogen) atoms. The Hall–Kier alpha value is -2.93. The minimum atomic E-state index is -4.59. The molecule has 3 nitrogen and oxygen atoms in total. The second kappa shape index (κ2) is 6.10. The summed E-state index contributed by atoms with van der Waals surface area (Å²) in [5.41, 5.74) is -0.727. The van der Waals surface area contributed by atoms with Crippen LogP contribution in [0.25, 0.3) is 21.8 Å². The van der Waals surface area contributed by atoms with Crippen LogP contribution < -0.4 is 0 Å². The number of ketones is 1. The molecular formula is C19H11F3N2OS. The first-order chi connectivity index (χ1) is 12.4. The Balaban J connectivity index is 1.72. The van der Waals surface area contributed by atoms with Crippen molar-refractivity contribution in [1.82, 2.24) is 9.38 Å². The van der Waals surface area contributed by atoms with Crippen LogP contribution in [-0.2, 0) is 6.18 Å². The topological polar surface area (TPSA) is 34.4 Å². The molecule has 4 rings (SSSR count). The molecule has 0 bridgehead atoms. The highest BCUT2D eigenvalue weighted by Crippen LogP contribution is 2.33. The smallest absolute Gasteiger partial charge is 0.290 e. The molecule has 130 valence electrons. The highest BCUT2D eigenvalue weighted by Gasteiger charge is 2.37. The molecule has 0 N–H and O–H groups in total. The SMILES string of the molecule is O=C(C=Cc1c(C(F)(F)F)nc2sccn12)c1ccc2ccccc2c1. The van der Waals surface area contributed by atoms with E-state index in [1.165, 1.54) is 16.7 Å². The monoisotopic (exact) mass is 372 g/mol. The Morgan fingerprint density at radius 2 is 1.88 bits per heavy atom. The number of halogens is 3. The molecule has 2 aromatic carbocycles. The first-order valence-electron chi connectivity index (χ1n) is 7.67. The summed E-state index contributed by atoms with van der Waals surface area (Å²) >= 11 is 1.10. The van der Waals surface area contributed by atoms with Gasteiger partial charge >= 0.3 is 6.18 Å². The third kappa shape index (κ3) is 2.90. The fraction of sp³-hybridized carbons (Fsp3) is 0.0526. The van der Waals surface area contributed by atoms with Crippen molar-refractivity contribution in [2.45, 2.75) is 6.18 Å². The van der Waals surface area contributed by atoms with E-state index in [1.54, 1.807) is 17.5 Å². The quantitative estimate of drug-likeness (QED) is 0.353. The standard InChI is InChI=1S/C19H11F3N2OS/c20-19(21,22)17-15(24-9-10-26-18(24)23-17)7-8-16(25)14-6-5-12-3-1-2-4-13(12)11-14/h1-11H. The number of allylic oxidation sites excluding steroid dienone is 1. The summed E-state index contributed by atoms with van der Waals surface area (Å²) in [4.78, 5) is 16.3. The van der Waals surface area contributed by atoms with Crippen molar-refractivity contribution in [2.75, 3.05) is 0 Å². The number of carbonyl (C=O) groups is 1. The number of nitrogens with zero attached hydrogens (tertiary/aromatic N) is 2. The number of alkyl halides is 3. The maximum absolute atomic E-state index is 13.2. The molecule has 0 aliphatic rings. The van der Waals surface area contributed by atoms with Gasteiger partial charge in [0, 0.05) is 17.1 Å². The number of thiazole rings is 1. The van der Waals surface area contributed by atoms with Crippen LogP contribution in [0.15, 0.2) is 60.1 Å². The number of imidazole rings is 1. The fourth-order valence-electron chi connectivity index (χ4n) is 2.76. The van der Waals surface area contributed by atoms with E-state index in [0.29, 0.717) is 5.56 Å². The minimum absolute atomic E-state index is 0.150. The third-order valence-electron chi connectivity index (χ3n) is 3.99. The van der Waals surface area contributed by atoms with Crippen LogP contribution in [-0.4, -0.2) is 15.2 Å². The highest BCUT2D eigenvalue weighted by atomic mass is 32.1. The maximum Gasteiger partial charge on any atom is 0.435 e. The maximum atomic E-state index is 13.2. The van der Waals surface area contributed by atoms with Crippen LogP contribution in [0.4, 0.5) is 13.2 Å². The Labute approximate surface area is 150 Å². The van der Waals surface area contributed by atoms with Gasteiger partial charge in [0.25, 0.3) is 0 Å². The molecule has 0 amide bonds. The molecule has 0 fully saturated rings. The van der Waals surface area contributed by atoms with Gasteiger partial charge < -0.3 is 0 Å². The van der Waals surface area contributed by atoms with E-state index in [9.17, 15) is 18.0 Å². The predicted molar refractivity (Wildman–Crippen MR) is 95.4 cm³/mol. The first kappa shape index (κ1) is 16.5. The Morgan fingerprint density at radius 3 is 2.65 bits per heavy atom. The van der Waals surface area contributed by atoms with Crippen LogP contribution in [0.5, 0.6) is 0 Å². The summed E-state index contributed by atoms with van der Waals surface area (Å²) < 4.78 is 40.9. The van der Waals surface area contributed by atoms with E-state index in [0.717, 1.165) is 28.2 Å². The second-order valence-corrected chi connectivity index (χ2v) is 6.53.